The molecule has 2 aromatic rings. The molecule has 1 amide bonds. The number of rotatable bonds is 4. The summed E-state index contributed by atoms with van der Waals surface area (Å²) in [6.07, 6.45) is 0.433. The number of para-hydroxylation sites is 2. The van der Waals surface area contributed by atoms with Crippen molar-refractivity contribution >= 4 is 22.9 Å². The maximum atomic E-state index is 11.9. The van der Waals surface area contributed by atoms with Crippen molar-refractivity contribution in [3.63, 3.8) is 0 Å². The van der Waals surface area contributed by atoms with E-state index in [-0.39, 0.29) is 24.3 Å². The fourth-order valence-electron chi connectivity index (χ4n) is 2.94. The molecule has 0 bridgehead atoms. The van der Waals surface area contributed by atoms with Crippen molar-refractivity contribution in [2.45, 2.75) is 25.8 Å². The third-order valence-electron chi connectivity index (χ3n) is 3.98. The molecule has 6 heteroatoms. The van der Waals surface area contributed by atoms with Crippen LogP contribution in [-0.2, 0) is 20.9 Å². The number of ether oxygens (including phenoxy) is 1. The molecule has 22 heavy (non-hydrogen) atoms. The molecule has 0 unspecified atom stereocenters. The van der Waals surface area contributed by atoms with E-state index in [0.717, 1.165) is 16.9 Å². The van der Waals surface area contributed by atoms with E-state index in [2.05, 4.69) is 4.98 Å². The highest BCUT2D eigenvalue weighted by atomic mass is 16.5. The smallest absolute Gasteiger partial charge is 0.326 e. The Morgan fingerprint density at radius 1 is 1.41 bits per heavy atom. The van der Waals surface area contributed by atoms with Crippen LogP contribution < -0.4 is 0 Å². The number of fused-ring (bicyclic) bond motifs is 1. The highest BCUT2D eigenvalue weighted by molar-refractivity contribution is 5.81. The summed E-state index contributed by atoms with van der Waals surface area (Å²) in [4.78, 5) is 30.1. The number of imidazole rings is 1. The van der Waals surface area contributed by atoms with Crippen LogP contribution in [0.15, 0.2) is 24.3 Å². The molecule has 1 fully saturated rings. The van der Waals surface area contributed by atoms with E-state index in [0.29, 0.717) is 19.6 Å². The number of nitrogens with zero attached hydrogens (tertiary/aromatic N) is 3. The van der Waals surface area contributed by atoms with Crippen LogP contribution >= 0.6 is 0 Å². The molecular weight excluding hydrogens is 282 g/mol. The monoisotopic (exact) mass is 301 g/mol. The van der Waals surface area contributed by atoms with Gasteiger partial charge in [0.25, 0.3) is 0 Å². The molecule has 0 saturated carbocycles. The molecule has 116 valence electrons. The molecule has 6 nitrogen and oxygen atoms in total. The zero-order chi connectivity index (χ0) is 15.7. The third-order valence-corrected chi connectivity index (χ3v) is 3.98. The number of aromatic nitrogens is 2. The van der Waals surface area contributed by atoms with E-state index in [9.17, 15) is 9.59 Å². The first-order valence-corrected chi connectivity index (χ1v) is 7.45. The first kappa shape index (κ1) is 14.6. The minimum atomic E-state index is -0.287. The summed E-state index contributed by atoms with van der Waals surface area (Å²) in [7, 11) is 1.79. The number of hydrogen-bond acceptors (Lipinski definition) is 4. The first-order chi connectivity index (χ1) is 10.6. The molecule has 3 rings (SSSR count). The van der Waals surface area contributed by atoms with Crippen molar-refractivity contribution in [1.29, 1.82) is 0 Å². The Morgan fingerprint density at radius 3 is 2.86 bits per heavy atom. The van der Waals surface area contributed by atoms with Crippen LogP contribution in [0.1, 0.15) is 25.1 Å². The minimum absolute atomic E-state index is 0.0133. The summed E-state index contributed by atoms with van der Waals surface area (Å²) in [6, 6.07) is 7.69. The Hall–Kier alpha value is -2.37. The average Bonchev–Trinajstić information content (AvgIpc) is 3.01. The zero-order valence-electron chi connectivity index (χ0n) is 12.8. The van der Waals surface area contributed by atoms with Gasteiger partial charge in [0.1, 0.15) is 12.4 Å². The van der Waals surface area contributed by atoms with Crippen molar-refractivity contribution in [2.75, 3.05) is 20.2 Å². The van der Waals surface area contributed by atoms with Gasteiger partial charge in [0.2, 0.25) is 5.91 Å². The van der Waals surface area contributed by atoms with Crippen molar-refractivity contribution in [3.05, 3.63) is 30.1 Å². The second-order valence-electron chi connectivity index (χ2n) is 5.53. The van der Waals surface area contributed by atoms with Gasteiger partial charge < -0.3 is 14.2 Å². The van der Waals surface area contributed by atoms with Gasteiger partial charge in [-0.15, -0.1) is 0 Å². The van der Waals surface area contributed by atoms with Gasteiger partial charge in [-0.2, -0.15) is 0 Å². The number of carbonyl (C=O) groups is 2. The Morgan fingerprint density at radius 2 is 2.18 bits per heavy atom. The predicted octanol–water partition coefficient (Wildman–Crippen LogP) is 1.55. The third kappa shape index (κ3) is 2.56. The standard InChI is InChI=1S/C16H19N3O3/c1-3-22-15(21)10-19-13-7-5-4-6-12(13)17-16(19)11-8-14(20)18(2)9-11/h4-7,11H,3,8-10H2,1-2H3/t11-/m1/s1. The average molecular weight is 301 g/mol. The van der Waals surface area contributed by atoms with Crippen LogP contribution in [0.25, 0.3) is 11.0 Å². The van der Waals surface area contributed by atoms with E-state index in [1.165, 1.54) is 0 Å². The lowest BCUT2D eigenvalue weighted by molar-refractivity contribution is -0.143. The highest BCUT2D eigenvalue weighted by Crippen LogP contribution is 2.29. The van der Waals surface area contributed by atoms with Crippen molar-refractivity contribution in [1.82, 2.24) is 14.5 Å². The normalized spacial score (nSPS) is 18.2. The molecule has 0 spiro atoms. The van der Waals surface area contributed by atoms with Gasteiger partial charge in [0.15, 0.2) is 0 Å². The van der Waals surface area contributed by atoms with Gasteiger partial charge in [-0.05, 0) is 19.1 Å². The van der Waals surface area contributed by atoms with Gasteiger partial charge >= 0.3 is 5.97 Å². The fourth-order valence-corrected chi connectivity index (χ4v) is 2.94. The number of esters is 1. The number of likely N-dealkylation sites (N-methyl/N-ethyl adjacent to an activating group) is 1. The van der Waals surface area contributed by atoms with Gasteiger partial charge in [0, 0.05) is 25.9 Å². The molecule has 1 atom stereocenters. The van der Waals surface area contributed by atoms with Crippen LogP contribution in [0.4, 0.5) is 0 Å². The van der Waals surface area contributed by atoms with E-state index < -0.39 is 0 Å². The number of benzene rings is 1. The number of likely N-dealkylation sites (tertiary alicyclic amines) is 1. The van der Waals surface area contributed by atoms with E-state index in [4.69, 9.17) is 4.74 Å². The first-order valence-electron chi connectivity index (χ1n) is 7.45. The SMILES string of the molecule is CCOC(=O)Cn1c([C@@H]2CC(=O)N(C)C2)nc2ccccc21. The fraction of sp³-hybridized carbons (Fsp3) is 0.438. The molecule has 1 aliphatic rings. The summed E-state index contributed by atoms with van der Waals surface area (Å²) in [6.45, 7) is 2.89. The van der Waals surface area contributed by atoms with Crippen molar-refractivity contribution < 1.29 is 14.3 Å². The summed E-state index contributed by atoms with van der Waals surface area (Å²) >= 11 is 0. The predicted molar refractivity (Wildman–Crippen MR) is 81.4 cm³/mol. The zero-order valence-corrected chi connectivity index (χ0v) is 12.8. The number of carbonyl (C=O) groups excluding carboxylic acids is 2. The van der Waals surface area contributed by atoms with Crippen LogP contribution in [0.5, 0.6) is 0 Å². The Kier molecular flexibility index (Phi) is 3.83. The summed E-state index contributed by atoms with van der Waals surface area (Å²) in [5.41, 5.74) is 1.73. The molecule has 0 N–H and O–H groups in total. The van der Waals surface area contributed by atoms with Crippen LogP contribution in [0, 0.1) is 0 Å². The summed E-state index contributed by atoms with van der Waals surface area (Å²) in [5, 5.41) is 0. The molecule has 1 saturated heterocycles. The summed E-state index contributed by atoms with van der Waals surface area (Å²) < 4.78 is 6.94. The van der Waals surface area contributed by atoms with Crippen LogP contribution in [0.3, 0.4) is 0 Å². The lowest BCUT2D eigenvalue weighted by Crippen LogP contribution is -2.20. The maximum Gasteiger partial charge on any atom is 0.326 e. The van der Waals surface area contributed by atoms with Gasteiger partial charge in [-0.3, -0.25) is 9.59 Å². The maximum absolute atomic E-state index is 11.9. The van der Waals surface area contributed by atoms with Gasteiger partial charge in [-0.25, -0.2) is 4.98 Å². The summed E-state index contributed by atoms with van der Waals surface area (Å²) in [5.74, 6) is 0.621. The Balaban J connectivity index is 2.01. The largest absolute Gasteiger partial charge is 0.465 e. The molecule has 1 aromatic carbocycles. The van der Waals surface area contributed by atoms with Gasteiger partial charge in [-0.1, -0.05) is 12.1 Å². The Bertz CT molecular complexity index is 722. The Labute approximate surface area is 128 Å². The molecular formula is C16H19N3O3. The molecule has 2 heterocycles. The highest BCUT2D eigenvalue weighted by Gasteiger charge is 2.32. The van der Waals surface area contributed by atoms with Gasteiger partial charge in [0.05, 0.1) is 17.6 Å². The molecule has 1 aromatic heterocycles. The lowest BCUT2D eigenvalue weighted by atomic mass is 10.1. The second-order valence-corrected chi connectivity index (χ2v) is 5.53. The number of amides is 1. The topological polar surface area (TPSA) is 64.4 Å². The lowest BCUT2D eigenvalue weighted by Gasteiger charge is -2.13. The van der Waals surface area contributed by atoms with Crippen LogP contribution in [0.2, 0.25) is 0 Å². The van der Waals surface area contributed by atoms with Crippen molar-refractivity contribution in [3.8, 4) is 0 Å². The van der Waals surface area contributed by atoms with E-state index in [1.54, 1.807) is 18.9 Å². The van der Waals surface area contributed by atoms with Crippen LogP contribution in [-0.4, -0.2) is 46.5 Å². The quantitative estimate of drug-likeness (QED) is 0.804. The van der Waals surface area contributed by atoms with E-state index >= 15 is 0 Å². The van der Waals surface area contributed by atoms with E-state index in [1.807, 2.05) is 28.8 Å². The minimum Gasteiger partial charge on any atom is -0.465 e. The van der Waals surface area contributed by atoms with Crippen molar-refractivity contribution in [2.24, 2.45) is 0 Å². The molecule has 0 radical (unpaired) electrons. The molecule has 1 aliphatic heterocycles. The second kappa shape index (κ2) is 5.79. The molecule has 0 aliphatic carbocycles. The number of hydrogen-bond donors (Lipinski definition) is 0.